The fourth-order valence-electron chi connectivity index (χ4n) is 1.87. The van der Waals surface area contributed by atoms with Gasteiger partial charge in [-0.05, 0) is 18.4 Å². The summed E-state index contributed by atoms with van der Waals surface area (Å²) in [5.74, 6) is 0. The average molecular weight is 221 g/mol. The summed E-state index contributed by atoms with van der Waals surface area (Å²) in [6, 6.07) is 10.2. The first-order chi connectivity index (χ1) is 7.79. The molecule has 1 saturated heterocycles. The lowest BCUT2D eigenvalue weighted by atomic mass is 9.92. The summed E-state index contributed by atoms with van der Waals surface area (Å²) in [5, 5.41) is 0. The Kier molecular flexibility index (Phi) is 3.93. The summed E-state index contributed by atoms with van der Waals surface area (Å²) < 4.78 is 11.0. The first kappa shape index (κ1) is 11.6. The minimum absolute atomic E-state index is 0.187. The van der Waals surface area contributed by atoms with Crippen LogP contribution in [-0.4, -0.2) is 25.4 Å². The monoisotopic (exact) mass is 221 g/mol. The smallest absolute Gasteiger partial charge is 0.0717 e. The molecular weight excluding hydrogens is 202 g/mol. The third-order valence-corrected chi connectivity index (χ3v) is 2.99. The quantitative estimate of drug-likeness (QED) is 0.841. The number of hydrogen-bond acceptors (Lipinski definition) is 3. The van der Waals surface area contributed by atoms with Crippen LogP contribution in [0.25, 0.3) is 0 Å². The molecule has 0 saturated carbocycles. The van der Waals surface area contributed by atoms with Gasteiger partial charge < -0.3 is 15.2 Å². The molecule has 0 unspecified atom stereocenters. The van der Waals surface area contributed by atoms with E-state index < -0.39 is 0 Å². The summed E-state index contributed by atoms with van der Waals surface area (Å²) in [5.41, 5.74) is 7.22. The maximum Gasteiger partial charge on any atom is 0.0717 e. The van der Waals surface area contributed by atoms with E-state index in [1.165, 1.54) is 5.56 Å². The van der Waals surface area contributed by atoms with Gasteiger partial charge in [0.05, 0.1) is 13.2 Å². The highest BCUT2D eigenvalue weighted by Gasteiger charge is 2.27. The van der Waals surface area contributed by atoms with Gasteiger partial charge >= 0.3 is 0 Å². The molecule has 3 heteroatoms. The molecule has 88 valence electrons. The molecule has 1 fully saturated rings. The Balaban J connectivity index is 1.75. The van der Waals surface area contributed by atoms with Gasteiger partial charge in [0, 0.05) is 18.8 Å². The van der Waals surface area contributed by atoms with Crippen LogP contribution in [-0.2, 0) is 16.1 Å². The maximum atomic E-state index is 6.22. The number of nitrogens with two attached hydrogens (primary N) is 1. The molecule has 0 aromatic heterocycles. The number of benzene rings is 1. The molecule has 0 atom stereocenters. The summed E-state index contributed by atoms with van der Waals surface area (Å²) in [7, 11) is 0. The second kappa shape index (κ2) is 5.43. The van der Waals surface area contributed by atoms with E-state index in [1.54, 1.807) is 0 Å². The van der Waals surface area contributed by atoms with Gasteiger partial charge in [-0.1, -0.05) is 30.3 Å². The van der Waals surface area contributed by atoms with E-state index in [4.69, 9.17) is 15.2 Å². The van der Waals surface area contributed by atoms with E-state index in [0.29, 0.717) is 13.2 Å². The zero-order valence-corrected chi connectivity index (χ0v) is 9.52. The third kappa shape index (κ3) is 3.30. The predicted octanol–water partition coefficient (Wildman–Crippen LogP) is 1.71. The minimum Gasteiger partial charge on any atom is -0.381 e. The SMILES string of the molecule is NC1(COCc2ccccc2)CCOCC1. The lowest BCUT2D eigenvalue weighted by Crippen LogP contribution is -2.48. The normalized spacial score (nSPS) is 19.6. The molecule has 0 aliphatic carbocycles. The van der Waals surface area contributed by atoms with Crippen molar-refractivity contribution in [3.63, 3.8) is 0 Å². The van der Waals surface area contributed by atoms with Gasteiger partial charge in [-0.15, -0.1) is 0 Å². The largest absolute Gasteiger partial charge is 0.381 e. The Morgan fingerprint density at radius 3 is 2.56 bits per heavy atom. The van der Waals surface area contributed by atoms with Crippen molar-refractivity contribution < 1.29 is 9.47 Å². The molecule has 1 aliphatic heterocycles. The first-order valence-corrected chi connectivity index (χ1v) is 5.77. The van der Waals surface area contributed by atoms with Gasteiger partial charge in [0.15, 0.2) is 0 Å². The maximum absolute atomic E-state index is 6.22. The third-order valence-electron chi connectivity index (χ3n) is 2.99. The van der Waals surface area contributed by atoms with Crippen molar-refractivity contribution in [1.82, 2.24) is 0 Å². The number of ether oxygens (including phenoxy) is 2. The van der Waals surface area contributed by atoms with Crippen LogP contribution in [0.15, 0.2) is 30.3 Å². The first-order valence-electron chi connectivity index (χ1n) is 5.77. The van der Waals surface area contributed by atoms with Crippen LogP contribution in [0.4, 0.5) is 0 Å². The zero-order valence-electron chi connectivity index (χ0n) is 9.52. The highest BCUT2D eigenvalue weighted by molar-refractivity contribution is 5.13. The molecule has 0 amide bonds. The summed E-state index contributed by atoms with van der Waals surface area (Å²) in [6.07, 6.45) is 1.78. The van der Waals surface area contributed by atoms with Gasteiger partial charge in [0.1, 0.15) is 0 Å². The van der Waals surface area contributed by atoms with Gasteiger partial charge in [0.2, 0.25) is 0 Å². The Labute approximate surface area is 96.5 Å². The number of rotatable bonds is 4. The average Bonchev–Trinajstić information content (AvgIpc) is 2.31. The fourth-order valence-corrected chi connectivity index (χ4v) is 1.87. The van der Waals surface area contributed by atoms with Crippen LogP contribution in [0.3, 0.4) is 0 Å². The lowest BCUT2D eigenvalue weighted by molar-refractivity contribution is 0.000134. The lowest BCUT2D eigenvalue weighted by Gasteiger charge is -2.32. The van der Waals surface area contributed by atoms with Crippen molar-refractivity contribution in [2.75, 3.05) is 19.8 Å². The minimum atomic E-state index is -0.187. The van der Waals surface area contributed by atoms with Crippen molar-refractivity contribution in [3.8, 4) is 0 Å². The second-order valence-electron chi connectivity index (χ2n) is 4.45. The molecule has 1 heterocycles. The summed E-state index contributed by atoms with van der Waals surface area (Å²) >= 11 is 0. The molecule has 3 nitrogen and oxygen atoms in total. The van der Waals surface area contributed by atoms with E-state index in [1.807, 2.05) is 18.2 Å². The summed E-state index contributed by atoms with van der Waals surface area (Å²) in [4.78, 5) is 0. The van der Waals surface area contributed by atoms with Crippen LogP contribution in [0.5, 0.6) is 0 Å². The Bertz CT molecular complexity index is 307. The van der Waals surface area contributed by atoms with Gasteiger partial charge in [-0.25, -0.2) is 0 Å². The van der Waals surface area contributed by atoms with Crippen LogP contribution < -0.4 is 5.73 Å². The highest BCUT2D eigenvalue weighted by Crippen LogP contribution is 2.18. The van der Waals surface area contributed by atoms with Gasteiger partial charge in [-0.2, -0.15) is 0 Å². The van der Waals surface area contributed by atoms with Gasteiger partial charge in [0.25, 0.3) is 0 Å². The molecule has 0 radical (unpaired) electrons. The van der Waals surface area contributed by atoms with Crippen molar-refractivity contribution >= 4 is 0 Å². The summed E-state index contributed by atoms with van der Waals surface area (Å²) in [6.45, 7) is 2.77. The van der Waals surface area contributed by atoms with Gasteiger partial charge in [-0.3, -0.25) is 0 Å². The molecule has 1 aliphatic rings. The predicted molar refractivity (Wildman–Crippen MR) is 63.1 cm³/mol. The van der Waals surface area contributed by atoms with Crippen molar-refractivity contribution in [2.24, 2.45) is 5.73 Å². The van der Waals surface area contributed by atoms with Crippen LogP contribution >= 0.6 is 0 Å². The highest BCUT2D eigenvalue weighted by atomic mass is 16.5. The van der Waals surface area contributed by atoms with Crippen LogP contribution in [0.2, 0.25) is 0 Å². The zero-order chi connectivity index (χ0) is 11.3. The Hall–Kier alpha value is -0.900. The Morgan fingerprint density at radius 1 is 1.19 bits per heavy atom. The number of hydrogen-bond donors (Lipinski definition) is 1. The molecule has 1 aromatic rings. The van der Waals surface area contributed by atoms with E-state index in [-0.39, 0.29) is 5.54 Å². The van der Waals surface area contributed by atoms with E-state index in [9.17, 15) is 0 Å². The standard InChI is InChI=1S/C13H19NO2/c14-13(6-8-15-9-7-13)11-16-10-12-4-2-1-3-5-12/h1-5H,6-11,14H2. The Morgan fingerprint density at radius 2 is 1.88 bits per heavy atom. The molecule has 16 heavy (non-hydrogen) atoms. The molecule has 2 N–H and O–H groups in total. The molecule has 0 spiro atoms. The van der Waals surface area contributed by atoms with Crippen molar-refractivity contribution in [1.29, 1.82) is 0 Å². The van der Waals surface area contributed by atoms with E-state index in [2.05, 4.69) is 12.1 Å². The second-order valence-corrected chi connectivity index (χ2v) is 4.45. The topological polar surface area (TPSA) is 44.5 Å². The fraction of sp³-hybridized carbons (Fsp3) is 0.538. The van der Waals surface area contributed by atoms with Crippen molar-refractivity contribution in [3.05, 3.63) is 35.9 Å². The van der Waals surface area contributed by atoms with Crippen molar-refractivity contribution in [2.45, 2.75) is 25.0 Å². The van der Waals surface area contributed by atoms with E-state index >= 15 is 0 Å². The molecule has 2 rings (SSSR count). The van der Waals surface area contributed by atoms with Crippen LogP contribution in [0.1, 0.15) is 18.4 Å². The van der Waals surface area contributed by atoms with Crippen LogP contribution in [0, 0.1) is 0 Å². The molecular formula is C13H19NO2. The van der Waals surface area contributed by atoms with E-state index in [0.717, 1.165) is 26.1 Å². The molecule has 1 aromatic carbocycles. The molecule has 0 bridgehead atoms.